The Morgan fingerprint density at radius 1 is 1.12 bits per heavy atom. The molecule has 5 heteroatoms. The van der Waals surface area contributed by atoms with Gasteiger partial charge in [0.25, 0.3) is 0 Å². The second-order valence-corrected chi connectivity index (χ2v) is 9.63. The molecule has 176 valence electrons. The quantitative estimate of drug-likeness (QED) is 0.600. The standard InChI is InChI=1S/C28H38N4O/c1-2-3-5-8-23-11-13-24(14-12-23)20-32(28(33)25-9-6-4-7-10-25)27-15-17-31(18-16-27)21-26-19-29-22-30-26/h11-14,19,22,25,27H,2-4,6-7,9-10,15-18,20-21H2,1H3,(H,29,30). The fraction of sp³-hybridized carbons (Fsp3) is 0.571. The van der Waals surface area contributed by atoms with Crippen molar-refractivity contribution in [2.45, 2.75) is 83.8 Å². The minimum Gasteiger partial charge on any atom is -0.347 e. The third kappa shape index (κ3) is 6.71. The number of likely N-dealkylation sites (tertiary alicyclic amines) is 1. The summed E-state index contributed by atoms with van der Waals surface area (Å²) in [5, 5.41) is 0. The van der Waals surface area contributed by atoms with E-state index in [1.807, 2.05) is 6.20 Å². The molecule has 5 nitrogen and oxygen atoms in total. The molecule has 1 aromatic carbocycles. The molecule has 1 saturated heterocycles. The maximum absolute atomic E-state index is 13.7. The van der Waals surface area contributed by atoms with Crippen molar-refractivity contribution in [3.63, 3.8) is 0 Å². The molecule has 1 saturated carbocycles. The maximum atomic E-state index is 13.7. The number of imidazole rings is 1. The highest BCUT2D eigenvalue weighted by Crippen LogP contribution is 2.29. The summed E-state index contributed by atoms with van der Waals surface area (Å²) in [6.07, 6.45) is 13.5. The smallest absolute Gasteiger partial charge is 0.226 e. The van der Waals surface area contributed by atoms with Gasteiger partial charge in [-0.25, -0.2) is 4.98 Å². The van der Waals surface area contributed by atoms with Crippen LogP contribution in [-0.2, 0) is 17.9 Å². The second-order valence-electron chi connectivity index (χ2n) is 9.63. The number of amides is 1. The molecule has 0 bridgehead atoms. The number of rotatable bonds is 7. The molecule has 0 radical (unpaired) electrons. The lowest BCUT2D eigenvalue weighted by molar-refractivity contribution is -0.140. The van der Waals surface area contributed by atoms with Crippen LogP contribution in [0.15, 0.2) is 36.8 Å². The lowest BCUT2D eigenvalue weighted by atomic mass is 9.87. The highest BCUT2D eigenvalue weighted by Gasteiger charge is 2.32. The monoisotopic (exact) mass is 446 g/mol. The molecule has 1 N–H and O–H groups in total. The number of piperidine rings is 1. The summed E-state index contributed by atoms with van der Waals surface area (Å²) in [4.78, 5) is 25.7. The number of hydrogen-bond donors (Lipinski definition) is 1. The van der Waals surface area contributed by atoms with Crippen molar-refractivity contribution in [1.82, 2.24) is 19.8 Å². The number of aromatic amines is 1. The molecule has 1 aliphatic heterocycles. The van der Waals surface area contributed by atoms with Crippen LogP contribution in [-0.4, -0.2) is 44.8 Å². The molecule has 0 spiro atoms. The molecule has 1 amide bonds. The molecule has 33 heavy (non-hydrogen) atoms. The highest BCUT2D eigenvalue weighted by molar-refractivity contribution is 5.79. The molecular weight excluding hydrogens is 408 g/mol. The average molecular weight is 447 g/mol. The molecule has 1 aromatic heterocycles. The summed E-state index contributed by atoms with van der Waals surface area (Å²) in [6, 6.07) is 8.85. The number of nitrogens with one attached hydrogen (secondary N) is 1. The van der Waals surface area contributed by atoms with Gasteiger partial charge in [-0.05, 0) is 49.8 Å². The van der Waals surface area contributed by atoms with E-state index in [9.17, 15) is 4.79 Å². The van der Waals surface area contributed by atoms with Gasteiger partial charge in [-0.3, -0.25) is 9.69 Å². The second kappa shape index (κ2) is 12.0. The Morgan fingerprint density at radius 2 is 1.88 bits per heavy atom. The van der Waals surface area contributed by atoms with Gasteiger partial charge in [0.2, 0.25) is 5.91 Å². The van der Waals surface area contributed by atoms with E-state index in [-0.39, 0.29) is 5.92 Å². The number of H-pyrrole nitrogens is 1. The Kier molecular flexibility index (Phi) is 8.60. The van der Waals surface area contributed by atoms with Crippen LogP contribution in [0.3, 0.4) is 0 Å². The number of carbonyl (C=O) groups excluding carboxylic acids is 1. The van der Waals surface area contributed by atoms with Gasteiger partial charge in [0.05, 0.1) is 6.33 Å². The van der Waals surface area contributed by atoms with E-state index < -0.39 is 0 Å². The molecule has 1 aliphatic carbocycles. The van der Waals surface area contributed by atoms with E-state index in [0.29, 0.717) is 18.5 Å². The Labute approximate surface area is 199 Å². The van der Waals surface area contributed by atoms with Crippen molar-refractivity contribution in [2.75, 3.05) is 13.1 Å². The first kappa shape index (κ1) is 23.6. The number of benzene rings is 1. The Hall–Kier alpha value is -2.58. The van der Waals surface area contributed by atoms with Gasteiger partial charge in [0.15, 0.2) is 0 Å². The van der Waals surface area contributed by atoms with Crippen LogP contribution in [0.25, 0.3) is 0 Å². The number of nitrogens with zero attached hydrogens (tertiary/aromatic N) is 3. The van der Waals surface area contributed by atoms with E-state index >= 15 is 0 Å². The molecule has 2 aromatic rings. The first-order valence-electron chi connectivity index (χ1n) is 12.8. The summed E-state index contributed by atoms with van der Waals surface area (Å²) < 4.78 is 0. The normalized spacial score (nSPS) is 18.0. The average Bonchev–Trinajstić information content (AvgIpc) is 3.37. The van der Waals surface area contributed by atoms with E-state index in [1.54, 1.807) is 6.33 Å². The van der Waals surface area contributed by atoms with Crippen LogP contribution in [0.4, 0.5) is 0 Å². The molecule has 0 unspecified atom stereocenters. The van der Waals surface area contributed by atoms with Crippen LogP contribution in [0.2, 0.25) is 0 Å². The molecule has 0 atom stereocenters. The largest absolute Gasteiger partial charge is 0.347 e. The lowest BCUT2D eigenvalue weighted by Gasteiger charge is -2.40. The van der Waals surface area contributed by atoms with Gasteiger partial charge >= 0.3 is 0 Å². The van der Waals surface area contributed by atoms with Gasteiger partial charge in [-0.15, -0.1) is 0 Å². The summed E-state index contributed by atoms with van der Waals surface area (Å²) >= 11 is 0. The van der Waals surface area contributed by atoms with Gasteiger partial charge < -0.3 is 9.88 Å². The van der Waals surface area contributed by atoms with E-state index in [4.69, 9.17) is 0 Å². The zero-order chi connectivity index (χ0) is 22.9. The third-order valence-electron chi connectivity index (χ3n) is 7.10. The van der Waals surface area contributed by atoms with Gasteiger partial charge in [0, 0.05) is 62.0 Å². The first-order chi connectivity index (χ1) is 16.2. The SMILES string of the molecule is CCCC#Cc1ccc(CN(C(=O)C2CCCCC2)C2CCN(Cc3cnc[nH]3)CC2)cc1. The molecule has 2 fully saturated rings. The van der Waals surface area contributed by atoms with Crippen molar-refractivity contribution in [3.05, 3.63) is 53.6 Å². The van der Waals surface area contributed by atoms with Crippen molar-refractivity contribution < 1.29 is 4.79 Å². The number of unbranched alkanes of at least 4 members (excludes halogenated alkanes) is 1. The Balaban J connectivity index is 1.42. The Bertz CT molecular complexity index is 911. The summed E-state index contributed by atoms with van der Waals surface area (Å²) in [7, 11) is 0. The first-order valence-corrected chi connectivity index (χ1v) is 12.8. The predicted octanol–water partition coefficient (Wildman–Crippen LogP) is 5.13. The van der Waals surface area contributed by atoms with Crippen LogP contribution in [0, 0.1) is 17.8 Å². The number of aromatic nitrogens is 2. The summed E-state index contributed by atoms with van der Waals surface area (Å²) in [5.74, 6) is 7.05. The molecule has 4 rings (SSSR count). The molecular formula is C28H38N4O. The highest BCUT2D eigenvalue weighted by atomic mass is 16.2. The maximum Gasteiger partial charge on any atom is 0.226 e. The predicted molar refractivity (Wildman–Crippen MR) is 132 cm³/mol. The van der Waals surface area contributed by atoms with Crippen molar-refractivity contribution >= 4 is 5.91 Å². The fourth-order valence-electron chi connectivity index (χ4n) is 5.15. The zero-order valence-corrected chi connectivity index (χ0v) is 20.1. The van der Waals surface area contributed by atoms with Crippen LogP contribution < -0.4 is 0 Å². The van der Waals surface area contributed by atoms with Gasteiger partial charge in [-0.2, -0.15) is 0 Å². The minimum absolute atomic E-state index is 0.209. The topological polar surface area (TPSA) is 52.2 Å². The lowest BCUT2D eigenvalue weighted by Crippen LogP contribution is -2.48. The van der Waals surface area contributed by atoms with Gasteiger partial charge in [0.1, 0.15) is 0 Å². The van der Waals surface area contributed by atoms with Crippen molar-refractivity contribution in [3.8, 4) is 11.8 Å². The Morgan fingerprint density at radius 3 is 2.55 bits per heavy atom. The minimum atomic E-state index is 0.209. The van der Waals surface area contributed by atoms with Crippen LogP contribution in [0.1, 0.15) is 81.5 Å². The van der Waals surface area contributed by atoms with Gasteiger partial charge in [-0.1, -0.05) is 50.2 Å². The van der Waals surface area contributed by atoms with Crippen LogP contribution >= 0.6 is 0 Å². The van der Waals surface area contributed by atoms with E-state index in [1.165, 1.54) is 24.8 Å². The molecule has 2 aliphatic rings. The zero-order valence-electron chi connectivity index (χ0n) is 20.1. The number of hydrogen-bond acceptors (Lipinski definition) is 3. The van der Waals surface area contributed by atoms with Crippen molar-refractivity contribution in [2.24, 2.45) is 5.92 Å². The molecule has 2 heterocycles. The number of carbonyl (C=O) groups is 1. The van der Waals surface area contributed by atoms with Crippen molar-refractivity contribution in [1.29, 1.82) is 0 Å². The fourth-order valence-corrected chi connectivity index (χ4v) is 5.15. The third-order valence-corrected chi connectivity index (χ3v) is 7.10. The van der Waals surface area contributed by atoms with E-state index in [0.717, 1.165) is 69.4 Å². The summed E-state index contributed by atoms with van der Waals surface area (Å²) in [5.41, 5.74) is 3.43. The van der Waals surface area contributed by atoms with Crippen LogP contribution in [0.5, 0.6) is 0 Å². The summed E-state index contributed by atoms with van der Waals surface area (Å²) in [6.45, 7) is 5.80. The van der Waals surface area contributed by atoms with E-state index in [2.05, 4.69) is 62.8 Å².